The zero-order chi connectivity index (χ0) is 19.1. The van der Waals surface area contributed by atoms with Gasteiger partial charge in [0, 0.05) is 0 Å². The molecule has 0 spiro atoms. The molecule has 1 aromatic heterocycles. The highest BCUT2D eigenvalue weighted by molar-refractivity contribution is 7.71. The van der Waals surface area contributed by atoms with Gasteiger partial charge in [-0.15, -0.1) is 0 Å². The topological polar surface area (TPSA) is 88.2 Å². The number of nitrogens with one attached hydrogen (secondary N) is 1. The molecule has 7 nitrogen and oxygen atoms in total. The van der Waals surface area contributed by atoms with E-state index in [2.05, 4.69) is 15.3 Å². The zero-order valence-electron chi connectivity index (χ0n) is 14.6. The third-order valence-electron chi connectivity index (χ3n) is 3.58. The Labute approximate surface area is 161 Å². The smallest absolute Gasteiger partial charge is 0.216 e. The Balaban J connectivity index is 1.89. The lowest BCUT2D eigenvalue weighted by Gasteiger charge is -2.08. The number of rotatable bonds is 7. The number of hydrogen-bond acceptors (Lipinski definition) is 6. The standard InChI is InChI=1S/C19H17N5O2S/c1-2-25-17-6-4-3-5-16(17)18-22-23-19(27)24(18)21-13-14-7-9-15(10-8-14)26-12-11-20/h3-10,13H,2,12H2,1H3,(H,23,27)/b21-13-. The van der Waals surface area contributed by atoms with Crippen molar-refractivity contribution in [2.75, 3.05) is 13.2 Å². The maximum Gasteiger partial charge on any atom is 0.216 e. The van der Waals surface area contributed by atoms with Crippen molar-refractivity contribution in [1.82, 2.24) is 14.9 Å². The summed E-state index contributed by atoms with van der Waals surface area (Å²) in [5, 5.41) is 20.1. The summed E-state index contributed by atoms with van der Waals surface area (Å²) in [5.41, 5.74) is 1.65. The number of nitriles is 1. The van der Waals surface area contributed by atoms with Crippen LogP contribution in [0.1, 0.15) is 12.5 Å². The first kappa shape index (κ1) is 18.4. The molecular formula is C19H17N5O2S. The highest BCUT2D eigenvalue weighted by Gasteiger charge is 2.13. The predicted molar refractivity (Wildman–Crippen MR) is 105 cm³/mol. The number of nitrogens with zero attached hydrogens (tertiary/aromatic N) is 4. The van der Waals surface area contributed by atoms with E-state index in [1.165, 1.54) is 0 Å². The van der Waals surface area contributed by atoms with Crippen molar-refractivity contribution in [3.63, 3.8) is 0 Å². The summed E-state index contributed by atoms with van der Waals surface area (Å²) in [4.78, 5) is 0. The molecule has 0 unspecified atom stereocenters. The molecule has 2 aromatic carbocycles. The fourth-order valence-corrected chi connectivity index (χ4v) is 2.58. The number of H-pyrrole nitrogens is 1. The van der Waals surface area contributed by atoms with E-state index in [1.54, 1.807) is 23.0 Å². The predicted octanol–water partition coefficient (Wildman–Crippen LogP) is 3.79. The Kier molecular flexibility index (Phi) is 5.97. The van der Waals surface area contributed by atoms with Crippen LogP contribution >= 0.6 is 12.2 Å². The summed E-state index contributed by atoms with van der Waals surface area (Å²) in [6.07, 6.45) is 1.67. The molecule has 0 saturated heterocycles. The molecule has 0 aliphatic carbocycles. The van der Waals surface area contributed by atoms with Gasteiger partial charge in [-0.05, 0) is 61.1 Å². The minimum Gasteiger partial charge on any atom is -0.493 e. The normalized spacial score (nSPS) is 10.7. The van der Waals surface area contributed by atoms with Crippen LogP contribution in [0.2, 0.25) is 0 Å². The molecule has 0 saturated carbocycles. The summed E-state index contributed by atoms with van der Waals surface area (Å²) in [5.74, 6) is 1.90. The number of ether oxygens (including phenoxy) is 2. The molecule has 8 heteroatoms. The van der Waals surface area contributed by atoms with E-state index in [4.69, 9.17) is 27.0 Å². The average Bonchev–Trinajstić information content (AvgIpc) is 3.06. The van der Waals surface area contributed by atoms with Gasteiger partial charge in [0.15, 0.2) is 12.4 Å². The van der Waals surface area contributed by atoms with Crippen LogP contribution in [0, 0.1) is 16.1 Å². The van der Waals surface area contributed by atoms with Crippen LogP contribution in [0.15, 0.2) is 53.6 Å². The Hall–Kier alpha value is -3.44. The third kappa shape index (κ3) is 4.40. The number of hydrogen-bond donors (Lipinski definition) is 1. The van der Waals surface area contributed by atoms with Crippen LogP contribution in [-0.2, 0) is 0 Å². The monoisotopic (exact) mass is 379 g/mol. The van der Waals surface area contributed by atoms with Gasteiger partial charge in [-0.3, -0.25) is 0 Å². The highest BCUT2D eigenvalue weighted by Crippen LogP contribution is 2.28. The molecule has 0 atom stereocenters. The van der Waals surface area contributed by atoms with E-state index < -0.39 is 0 Å². The van der Waals surface area contributed by atoms with Gasteiger partial charge in [0.25, 0.3) is 0 Å². The molecule has 136 valence electrons. The van der Waals surface area contributed by atoms with E-state index in [-0.39, 0.29) is 6.61 Å². The lowest BCUT2D eigenvalue weighted by atomic mass is 10.2. The summed E-state index contributed by atoms with van der Waals surface area (Å²) in [7, 11) is 0. The first-order chi connectivity index (χ1) is 13.2. The second kappa shape index (κ2) is 8.78. The van der Waals surface area contributed by atoms with Crippen LogP contribution in [0.3, 0.4) is 0 Å². The maximum atomic E-state index is 8.54. The molecule has 0 radical (unpaired) electrons. The summed E-state index contributed by atoms with van der Waals surface area (Å²) < 4.78 is 12.8. The van der Waals surface area contributed by atoms with Gasteiger partial charge in [-0.2, -0.15) is 20.1 Å². The molecule has 1 N–H and O–H groups in total. The molecule has 0 amide bonds. The van der Waals surface area contributed by atoms with Gasteiger partial charge in [0.1, 0.15) is 17.6 Å². The van der Waals surface area contributed by atoms with Crippen LogP contribution in [0.5, 0.6) is 11.5 Å². The average molecular weight is 379 g/mol. The fourth-order valence-electron chi connectivity index (χ4n) is 2.40. The molecule has 0 fully saturated rings. The number of aromatic nitrogens is 3. The SMILES string of the molecule is CCOc1ccccc1-c1n[nH]c(=S)n1/N=C\c1ccc(OCC#N)cc1. The van der Waals surface area contributed by atoms with Gasteiger partial charge >= 0.3 is 0 Å². The van der Waals surface area contributed by atoms with Crippen molar-refractivity contribution >= 4 is 18.4 Å². The molecule has 0 aliphatic heterocycles. The first-order valence-electron chi connectivity index (χ1n) is 8.26. The van der Waals surface area contributed by atoms with E-state index in [0.717, 1.165) is 11.1 Å². The van der Waals surface area contributed by atoms with Crippen molar-refractivity contribution < 1.29 is 9.47 Å². The van der Waals surface area contributed by atoms with Crippen LogP contribution in [0.4, 0.5) is 0 Å². The van der Waals surface area contributed by atoms with Crippen molar-refractivity contribution in [1.29, 1.82) is 5.26 Å². The van der Waals surface area contributed by atoms with Gasteiger partial charge in [-0.1, -0.05) is 12.1 Å². The van der Waals surface area contributed by atoms with Crippen molar-refractivity contribution in [3.05, 3.63) is 58.9 Å². The van der Waals surface area contributed by atoms with Crippen LogP contribution in [0.25, 0.3) is 11.4 Å². The van der Waals surface area contributed by atoms with E-state index in [9.17, 15) is 0 Å². The van der Waals surface area contributed by atoms with Crippen molar-refractivity contribution in [2.24, 2.45) is 5.10 Å². The minimum atomic E-state index is 0.0141. The molecular weight excluding hydrogens is 362 g/mol. The fraction of sp³-hybridized carbons (Fsp3) is 0.158. The second-order valence-corrected chi connectivity index (χ2v) is 5.74. The minimum absolute atomic E-state index is 0.0141. The van der Waals surface area contributed by atoms with Gasteiger partial charge in [0.2, 0.25) is 4.77 Å². The maximum absolute atomic E-state index is 8.54. The molecule has 0 bridgehead atoms. The zero-order valence-corrected chi connectivity index (χ0v) is 15.4. The second-order valence-electron chi connectivity index (χ2n) is 5.35. The Morgan fingerprint density at radius 2 is 2.00 bits per heavy atom. The molecule has 0 aliphatic rings. The highest BCUT2D eigenvalue weighted by atomic mass is 32.1. The van der Waals surface area contributed by atoms with Crippen LogP contribution < -0.4 is 9.47 Å². The van der Waals surface area contributed by atoms with Crippen molar-refractivity contribution in [2.45, 2.75) is 6.92 Å². The van der Waals surface area contributed by atoms with Gasteiger partial charge < -0.3 is 9.47 Å². The van der Waals surface area contributed by atoms with Crippen LogP contribution in [-0.4, -0.2) is 34.3 Å². The van der Waals surface area contributed by atoms with E-state index >= 15 is 0 Å². The third-order valence-corrected chi connectivity index (χ3v) is 3.85. The van der Waals surface area contributed by atoms with E-state index in [0.29, 0.717) is 28.7 Å². The Morgan fingerprint density at radius 1 is 1.22 bits per heavy atom. The Bertz CT molecular complexity index is 1030. The van der Waals surface area contributed by atoms with Gasteiger partial charge in [-0.25, -0.2) is 5.10 Å². The molecule has 27 heavy (non-hydrogen) atoms. The van der Waals surface area contributed by atoms with Gasteiger partial charge in [0.05, 0.1) is 18.4 Å². The Morgan fingerprint density at radius 3 is 2.74 bits per heavy atom. The summed E-state index contributed by atoms with van der Waals surface area (Å²) in [6.45, 7) is 2.49. The number of benzene rings is 2. The lowest BCUT2D eigenvalue weighted by Crippen LogP contribution is -1.99. The molecule has 3 rings (SSSR count). The number of para-hydroxylation sites is 1. The lowest BCUT2D eigenvalue weighted by molar-refractivity contribution is 0.341. The van der Waals surface area contributed by atoms with E-state index in [1.807, 2.05) is 49.4 Å². The molecule has 1 heterocycles. The summed E-state index contributed by atoms with van der Waals surface area (Å²) >= 11 is 5.30. The molecule has 3 aromatic rings. The first-order valence-corrected chi connectivity index (χ1v) is 8.67. The quantitative estimate of drug-likeness (QED) is 0.498. The van der Waals surface area contributed by atoms with Crippen molar-refractivity contribution in [3.8, 4) is 29.0 Å². The largest absolute Gasteiger partial charge is 0.493 e. The number of aromatic amines is 1. The summed E-state index contributed by atoms with van der Waals surface area (Å²) in [6, 6.07) is 16.8.